The summed E-state index contributed by atoms with van der Waals surface area (Å²) in [6.07, 6.45) is 6.18. The van der Waals surface area contributed by atoms with Crippen molar-refractivity contribution in [2.75, 3.05) is 17.2 Å². The fourth-order valence-electron chi connectivity index (χ4n) is 2.46. The first-order valence-electron chi connectivity index (χ1n) is 8.71. The Labute approximate surface area is 154 Å². The monoisotopic (exact) mass is 348 g/mol. The van der Waals surface area contributed by atoms with Crippen molar-refractivity contribution in [1.82, 2.24) is 19.9 Å². The van der Waals surface area contributed by atoms with Crippen LogP contribution in [0.1, 0.15) is 26.5 Å². The third kappa shape index (κ3) is 5.24. The van der Waals surface area contributed by atoms with Crippen LogP contribution < -0.4 is 10.6 Å². The molecular weight excluding hydrogens is 324 g/mol. The molecule has 134 valence electrons. The van der Waals surface area contributed by atoms with Crippen molar-refractivity contribution in [2.45, 2.75) is 32.7 Å². The van der Waals surface area contributed by atoms with Gasteiger partial charge in [-0.25, -0.2) is 4.98 Å². The highest BCUT2D eigenvalue weighted by molar-refractivity contribution is 5.64. The van der Waals surface area contributed by atoms with Gasteiger partial charge < -0.3 is 10.6 Å². The van der Waals surface area contributed by atoms with E-state index in [9.17, 15) is 0 Å². The Morgan fingerprint density at radius 2 is 1.77 bits per heavy atom. The second kappa shape index (κ2) is 7.91. The standard InChI is InChI=1S/C20H24N6/c1-20(2,3)26-19-24-17(15-7-11-21-12-8-15)14-18(25-19)23-13-9-16-6-4-5-10-22-16/h4-8,10-12,14H,9,13H2,1-3H3,(H2,23,24,25,26). The molecule has 3 rings (SSSR count). The van der Waals surface area contributed by atoms with Gasteiger partial charge in [0.2, 0.25) is 5.95 Å². The Hall–Kier alpha value is -3.02. The maximum absolute atomic E-state index is 4.65. The SMILES string of the molecule is CC(C)(C)Nc1nc(NCCc2ccccn2)cc(-c2ccncc2)n1. The highest BCUT2D eigenvalue weighted by Crippen LogP contribution is 2.22. The molecule has 0 spiro atoms. The highest BCUT2D eigenvalue weighted by Gasteiger charge is 2.13. The second-order valence-electron chi connectivity index (χ2n) is 7.07. The van der Waals surface area contributed by atoms with Crippen molar-refractivity contribution in [3.05, 3.63) is 60.7 Å². The number of nitrogens with zero attached hydrogens (tertiary/aromatic N) is 4. The summed E-state index contributed by atoms with van der Waals surface area (Å²) in [6, 6.07) is 11.8. The van der Waals surface area contributed by atoms with E-state index in [2.05, 4.69) is 51.3 Å². The predicted octanol–water partition coefficient (Wildman–Crippen LogP) is 3.80. The zero-order valence-electron chi connectivity index (χ0n) is 15.4. The maximum atomic E-state index is 4.65. The van der Waals surface area contributed by atoms with E-state index >= 15 is 0 Å². The van der Waals surface area contributed by atoms with Crippen LogP contribution in [0.2, 0.25) is 0 Å². The fraction of sp³-hybridized carbons (Fsp3) is 0.300. The lowest BCUT2D eigenvalue weighted by molar-refractivity contribution is 0.626. The number of hydrogen-bond acceptors (Lipinski definition) is 6. The summed E-state index contributed by atoms with van der Waals surface area (Å²) in [7, 11) is 0. The van der Waals surface area contributed by atoms with E-state index in [1.165, 1.54) is 0 Å². The molecule has 0 aliphatic rings. The summed E-state index contributed by atoms with van der Waals surface area (Å²) in [4.78, 5) is 17.7. The Kier molecular flexibility index (Phi) is 5.41. The molecule has 3 aromatic rings. The van der Waals surface area contributed by atoms with Gasteiger partial charge in [-0.2, -0.15) is 4.98 Å². The number of anilines is 2. The molecule has 0 aliphatic carbocycles. The summed E-state index contributed by atoms with van der Waals surface area (Å²) in [5, 5.41) is 6.73. The van der Waals surface area contributed by atoms with Crippen LogP contribution in [0.5, 0.6) is 0 Å². The molecule has 26 heavy (non-hydrogen) atoms. The Bertz CT molecular complexity index is 828. The lowest BCUT2D eigenvalue weighted by Gasteiger charge is -2.21. The third-order valence-corrected chi connectivity index (χ3v) is 3.60. The lowest BCUT2D eigenvalue weighted by Crippen LogP contribution is -2.27. The lowest BCUT2D eigenvalue weighted by atomic mass is 10.1. The van der Waals surface area contributed by atoms with Crippen LogP contribution in [-0.2, 0) is 6.42 Å². The third-order valence-electron chi connectivity index (χ3n) is 3.60. The number of aromatic nitrogens is 4. The van der Waals surface area contributed by atoms with Crippen LogP contribution in [0, 0.1) is 0 Å². The van der Waals surface area contributed by atoms with Crippen LogP contribution in [-0.4, -0.2) is 32.0 Å². The molecule has 0 fully saturated rings. The first-order chi connectivity index (χ1) is 12.5. The predicted molar refractivity (Wildman–Crippen MR) is 105 cm³/mol. The number of pyridine rings is 2. The minimum atomic E-state index is -0.123. The molecule has 0 amide bonds. The average Bonchev–Trinajstić information content (AvgIpc) is 2.62. The van der Waals surface area contributed by atoms with E-state index in [4.69, 9.17) is 0 Å². The van der Waals surface area contributed by atoms with Gasteiger partial charge in [-0.1, -0.05) is 6.07 Å². The van der Waals surface area contributed by atoms with E-state index in [0.29, 0.717) is 5.95 Å². The molecule has 2 N–H and O–H groups in total. The minimum absolute atomic E-state index is 0.123. The van der Waals surface area contributed by atoms with Crippen molar-refractivity contribution in [3.8, 4) is 11.3 Å². The number of nitrogens with one attached hydrogen (secondary N) is 2. The highest BCUT2D eigenvalue weighted by atomic mass is 15.2. The summed E-state index contributed by atoms with van der Waals surface area (Å²) >= 11 is 0. The van der Waals surface area contributed by atoms with Crippen LogP contribution in [0.25, 0.3) is 11.3 Å². The zero-order valence-corrected chi connectivity index (χ0v) is 15.4. The van der Waals surface area contributed by atoms with Crippen molar-refractivity contribution in [3.63, 3.8) is 0 Å². The van der Waals surface area contributed by atoms with E-state index in [1.54, 1.807) is 12.4 Å². The molecule has 6 heteroatoms. The van der Waals surface area contributed by atoms with Crippen LogP contribution in [0.4, 0.5) is 11.8 Å². The number of rotatable bonds is 6. The maximum Gasteiger partial charge on any atom is 0.225 e. The largest absolute Gasteiger partial charge is 0.369 e. The van der Waals surface area contributed by atoms with E-state index in [1.807, 2.05) is 42.6 Å². The van der Waals surface area contributed by atoms with Gasteiger partial charge >= 0.3 is 0 Å². The summed E-state index contributed by atoms with van der Waals surface area (Å²) in [5.41, 5.74) is 2.79. The number of hydrogen-bond donors (Lipinski definition) is 2. The van der Waals surface area contributed by atoms with Crippen LogP contribution in [0.15, 0.2) is 55.0 Å². The minimum Gasteiger partial charge on any atom is -0.369 e. The topological polar surface area (TPSA) is 75.6 Å². The summed E-state index contributed by atoms with van der Waals surface area (Å²) < 4.78 is 0. The van der Waals surface area contributed by atoms with E-state index < -0.39 is 0 Å². The molecule has 3 heterocycles. The molecule has 0 aliphatic heterocycles. The average molecular weight is 348 g/mol. The van der Waals surface area contributed by atoms with E-state index in [0.717, 1.165) is 35.7 Å². The molecule has 0 saturated heterocycles. The van der Waals surface area contributed by atoms with Gasteiger partial charge in [0, 0.05) is 54.4 Å². The van der Waals surface area contributed by atoms with Gasteiger partial charge in [-0.15, -0.1) is 0 Å². The van der Waals surface area contributed by atoms with Crippen molar-refractivity contribution < 1.29 is 0 Å². The first kappa shape index (κ1) is 17.8. The normalized spacial score (nSPS) is 11.2. The van der Waals surface area contributed by atoms with Crippen LogP contribution >= 0.6 is 0 Å². The molecule has 0 unspecified atom stereocenters. The van der Waals surface area contributed by atoms with Gasteiger partial charge in [0.05, 0.1) is 5.69 Å². The van der Waals surface area contributed by atoms with Gasteiger partial charge in [0.25, 0.3) is 0 Å². The molecule has 6 nitrogen and oxygen atoms in total. The summed E-state index contributed by atoms with van der Waals surface area (Å²) in [5.74, 6) is 1.39. The Morgan fingerprint density at radius 3 is 2.46 bits per heavy atom. The van der Waals surface area contributed by atoms with Gasteiger partial charge in [0.15, 0.2) is 0 Å². The molecule has 0 aromatic carbocycles. The van der Waals surface area contributed by atoms with Crippen molar-refractivity contribution >= 4 is 11.8 Å². The molecule has 0 bridgehead atoms. The molecule has 3 aromatic heterocycles. The Morgan fingerprint density at radius 1 is 0.962 bits per heavy atom. The van der Waals surface area contributed by atoms with Gasteiger partial charge in [0.1, 0.15) is 5.82 Å². The molecule has 0 saturated carbocycles. The van der Waals surface area contributed by atoms with Crippen molar-refractivity contribution in [1.29, 1.82) is 0 Å². The Balaban J connectivity index is 1.80. The molecule has 0 atom stereocenters. The second-order valence-corrected chi connectivity index (χ2v) is 7.07. The van der Waals surface area contributed by atoms with Gasteiger partial charge in [-0.05, 0) is 45.0 Å². The molecular formula is C20H24N6. The van der Waals surface area contributed by atoms with Crippen LogP contribution in [0.3, 0.4) is 0 Å². The fourth-order valence-corrected chi connectivity index (χ4v) is 2.46. The molecule has 0 radical (unpaired) electrons. The quantitative estimate of drug-likeness (QED) is 0.706. The smallest absolute Gasteiger partial charge is 0.225 e. The van der Waals surface area contributed by atoms with E-state index in [-0.39, 0.29) is 5.54 Å². The first-order valence-corrected chi connectivity index (χ1v) is 8.71. The van der Waals surface area contributed by atoms with Gasteiger partial charge in [-0.3, -0.25) is 9.97 Å². The summed E-state index contributed by atoms with van der Waals surface area (Å²) in [6.45, 7) is 7.01. The zero-order chi connectivity index (χ0) is 18.4. The van der Waals surface area contributed by atoms with Crippen molar-refractivity contribution in [2.24, 2.45) is 0 Å².